The number of piperidine rings is 1. The minimum absolute atomic E-state index is 0.140. The highest BCUT2D eigenvalue weighted by Crippen LogP contribution is 2.42. The zero-order valence-corrected chi connectivity index (χ0v) is 26.9. The van der Waals surface area contributed by atoms with Gasteiger partial charge in [-0.3, -0.25) is 19.4 Å². The van der Waals surface area contributed by atoms with Crippen LogP contribution in [-0.4, -0.2) is 80.4 Å². The number of nitrogens with two attached hydrogens (primary N) is 1. The number of likely N-dealkylation sites (tertiary alicyclic amines) is 1. The molecule has 2 fully saturated rings. The standard InChI is InChI=1S/C33H37ClN8O4/c1-18(2)8-24-31(32(35)44)30(23-12-38-42(33(23)39-24)25-6-7-40(13-19(25)3)22-15-45-16-22)20-4-5-26-27(9-20)46-17-29(43)41(26)14-28-36-10-21(34)11-37-28/h4-5,9-12,18-19,22,25H,6-8,13-17H2,1-3H3,(H2,35,44)/t19-,25-/m1/s1. The number of carbonyl (C=O) groups excluding carboxylic acids is 2. The van der Waals surface area contributed by atoms with Gasteiger partial charge in [-0.15, -0.1) is 0 Å². The Bertz CT molecular complexity index is 1810. The van der Waals surface area contributed by atoms with Gasteiger partial charge >= 0.3 is 0 Å². The summed E-state index contributed by atoms with van der Waals surface area (Å²) in [4.78, 5) is 43.8. The summed E-state index contributed by atoms with van der Waals surface area (Å²) in [5, 5.41) is 6.06. The minimum atomic E-state index is -0.549. The van der Waals surface area contributed by atoms with Gasteiger partial charge in [-0.1, -0.05) is 38.4 Å². The summed E-state index contributed by atoms with van der Waals surface area (Å²) in [7, 11) is 0. The van der Waals surface area contributed by atoms with Gasteiger partial charge in [0.25, 0.3) is 11.8 Å². The SMILES string of the molecule is CC(C)Cc1nc2c(cnn2[C@@H]2CCN(C3COC3)C[C@H]2C)c(-c2ccc3c(c2)OCC(=O)N3Cc2ncc(Cl)cn2)c1C(N)=O. The Hall–Kier alpha value is -4.13. The molecule has 0 saturated carbocycles. The second kappa shape index (κ2) is 12.2. The molecule has 1 aromatic carbocycles. The molecule has 46 heavy (non-hydrogen) atoms. The van der Waals surface area contributed by atoms with E-state index in [1.807, 2.05) is 22.9 Å². The molecule has 0 unspecified atom stereocenters. The molecule has 4 aromatic rings. The van der Waals surface area contributed by atoms with Crippen LogP contribution in [0, 0.1) is 11.8 Å². The molecule has 3 aliphatic heterocycles. The minimum Gasteiger partial charge on any atom is -0.482 e. The third kappa shape index (κ3) is 5.58. The Morgan fingerprint density at radius 1 is 1.17 bits per heavy atom. The van der Waals surface area contributed by atoms with Crippen LogP contribution in [0.3, 0.4) is 0 Å². The van der Waals surface area contributed by atoms with Crippen LogP contribution < -0.4 is 15.4 Å². The summed E-state index contributed by atoms with van der Waals surface area (Å²) in [6.07, 6.45) is 6.32. The lowest BCUT2D eigenvalue weighted by Gasteiger charge is -2.44. The van der Waals surface area contributed by atoms with Crippen molar-refractivity contribution in [2.75, 3.05) is 37.8 Å². The number of nitrogens with zero attached hydrogens (tertiary/aromatic N) is 7. The predicted octanol–water partition coefficient (Wildman–Crippen LogP) is 4.05. The number of aromatic nitrogens is 5. The number of hydrogen-bond acceptors (Lipinski definition) is 9. The third-order valence-electron chi connectivity index (χ3n) is 9.17. The average molecular weight is 645 g/mol. The van der Waals surface area contributed by atoms with Crippen LogP contribution in [0.2, 0.25) is 5.02 Å². The zero-order chi connectivity index (χ0) is 32.1. The summed E-state index contributed by atoms with van der Waals surface area (Å²) in [5.74, 6) is 0.775. The largest absolute Gasteiger partial charge is 0.482 e. The number of rotatable bonds is 8. The van der Waals surface area contributed by atoms with Gasteiger partial charge in [-0.05, 0) is 42.4 Å². The lowest BCUT2D eigenvalue weighted by Crippen LogP contribution is -2.54. The highest BCUT2D eigenvalue weighted by atomic mass is 35.5. The van der Waals surface area contributed by atoms with Crippen molar-refractivity contribution in [3.63, 3.8) is 0 Å². The van der Waals surface area contributed by atoms with Crippen LogP contribution in [-0.2, 0) is 22.5 Å². The summed E-state index contributed by atoms with van der Waals surface area (Å²) in [6.45, 7) is 10.0. The van der Waals surface area contributed by atoms with E-state index >= 15 is 0 Å². The van der Waals surface area contributed by atoms with E-state index in [1.54, 1.807) is 11.1 Å². The Balaban J connectivity index is 1.31. The summed E-state index contributed by atoms with van der Waals surface area (Å²) in [5.41, 5.74) is 9.86. The van der Waals surface area contributed by atoms with Gasteiger partial charge in [0.15, 0.2) is 12.3 Å². The number of primary amides is 1. The monoisotopic (exact) mass is 644 g/mol. The van der Waals surface area contributed by atoms with Crippen molar-refractivity contribution < 1.29 is 19.1 Å². The van der Waals surface area contributed by atoms with Crippen LogP contribution in [0.1, 0.15) is 55.1 Å². The van der Waals surface area contributed by atoms with Crippen molar-refractivity contribution in [3.05, 3.63) is 58.9 Å². The highest BCUT2D eigenvalue weighted by molar-refractivity contribution is 6.30. The summed E-state index contributed by atoms with van der Waals surface area (Å²) < 4.78 is 13.4. The van der Waals surface area contributed by atoms with Crippen LogP contribution in [0.4, 0.5) is 5.69 Å². The fourth-order valence-electron chi connectivity index (χ4n) is 6.84. The Morgan fingerprint density at radius 3 is 2.63 bits per heavy atom. The van der Waals surface area contributed by atoms with Crippen LogP contribution in [0.25, 0.3) is 22.2 Å². The van der Waals surface area contributed by atoms with Gasteiger partial charge in [0.2, 0.25) is 0 Å². The van der Waals surface area contributed by atoms with E-state index in [0.717, 1.165) is 49.3 Å². The number of ether oxygens (including phenoxy) is 2. The van der Waals surface area contributed by atoms with Gasteiger partial charge in [-0.2, -0.15) is 5.10 Å². The van der Waals surface area contributed by atoms with E-state index in [1.165, 1.54) is 12.4 Å². The molecule has 3 aromatic heterocycles. The molecule has 2 saturated heterocycles. The molecule has 0 aliphatic carbocycles. The van der Waals surface area contributed by atoms with Gasteiger partial charge in [0, 0.05) is 36.4 Å². The van der Waals surface area contributed by atoms with Gasteiger partial charge in [-0.25, -0.2) is 19.6 Å². The van der Waals surface area contributed by atoms with Crippen LogP contribution in [0.5, 0.6) is 5.75 Å². The predicted molar refractivity (Wildman–Crippen MR) is 173 cm³/mol. The Kier molecular flexibility index (Phi) is 8.12. The maximum atomic E-state index is 13.2. The number of hydrogen-bond donors (Lipinski definition) is 1. The quantitative estimate of drug-likeness (QED) is 0.301. The van der Waals surface area contributed by atoms with Crippen molar-refractivity contribution in [1.82, 2.24) is 29.6 Å². The van der Waals surface area contributed by atoms with Crippen LogP contribution >= 0.6 is 11.6 Å². The van der Waals surface area contributed by atoms with Gasteiger partial charge in [0.05, 0.1) is 60.0 Å². The molecule has 2 N–H and O–H groups in total. The second-order valence-electron chi connectivity index (χ2n) is 12.9. The van der Waals surface area contributed by atoms with Crippen LogP contribution in [0.15, 0.2) is 36.8 Å². The summed E-state index contributed by atoms with van der Waals surface area (Å²) >= 11 is 5.96. The lowest BCUT2D eigenvalue weighted by atomic mass is 9.91. The van der Waals surface area contributed by atoms with Gasteiger partial charge < -0.3 is 15.2 Å². The topological polar surface area (TPSA) is 142 Å². The highest BCUT2D eigenvalue weighted by Gasteiger charge is 2.36. The van der Waals surface area contributed by atoms with Gasteiger partial charge in [0.1, 0.15) is 11.6 Å². The normalized spacial score (nSPS) is 20.5. The van der Waals surface area contributed by atoms with E-state index in [2.05, 4.69) is 35.6 Å². The maximum absolute atomic E-state index is 13.2. The van der Waals surface area contributed by atoms with E-state index in [-0.39, 0.29) is 31.0 Å². The fourth-order valence-corrected chi connectivity index (χ4v) is 6.94. The Labute approximate surface area is 271 Å². The number of halogens is 1. The second-order valence-corrected chi connectivity index (χ2v) is 13.3. The molecule has 7 rings (SSSR count). The van der Waals surface area contributed by atoms with E-state index in [0.29, 0.717) is 57.5 Å². The first-order chi connectivity index (χ1) is 22.2. The van der Waals surface area contributed by atoms with Crippen molar-refractivity contribution in [2.45, 2.75) is 52.2 Å². The number of pyridine rings is 1. The molecule has 3 aliphatic rings. The number of fused-ring (bicyclic) bond motifs is 2. The molecule has 13 heteroatoms. The molecule has 2 atom stereocenters. The third-order valence-corrected chi connectivity index (χ3v) is 9.37. The summed E-state index contributed by atoms with van der Waals surface area (Å²) in [6, 6.07) is 6.22. The van der Waals surface area contributed by atoms with Crippen molar-refractivity contribution in [2.24, 2.45) is 17.6 Å². The molecule has 6 heterocycles. The number of benzene rings is 1. The first-order valence-corrected chi connectivity index (χ1v) is 16.1. The van der Waals surface area contributed by atoms with Crippen molar-refractivity contribution in [3.8, 4) is 16.9 Å². The number of anilines is 1. The smallest absolute Gasteiger partial charge is 0.265 e. The van der Waals surface area contributed by atoms with Crippen molar-refractivity contribution in [1.29, 1.82) is 0 Å². The van der Waals surface area contributed by atoms with Crippen molar-refractivity contribution >= 4 is 40.1 Å². The van der Waals surface area contributed by atoms with E-state index in [9.17, 15) is 9.59 Å². The fraction of sp³-hybridized carbons (Fsp3) is 0.455. The zero-order valence-electron chi connectivity index (χ0n) is 26.1. The van der Waals surface area contributed by atoms with E-state index < -0.39 is 5.91 Å². The lowest BCUT2D eigenvalue weighted by molar-refractivity contribution is -0.121. The molecule has 0 spiro atoms. The molecule has 0 bridgehead atoms. The number of amides is 2. The molecular formula is C33H37ClN8O4. The average Bonchev–Trinajstić information content (AvgIpc) is 3.40. The molecule has 0 radical (unpaired) electrons. The molecule has 240 valence electrons. The van der Waals surface area contributed by atoms with E-state index in [4.69, 9.17) is 36.9 Å². The first-order valence-electron chi connectivity index (χ1n) is 15.7. The maximum Gasteiger partial charge on any atom is 0.265 e. The molecule has 2 amide bonds. The number of carbonyl (C=O) groups is 2. The molecule has 12 nitrogen and oxygen atoms in total. The Morgan fingerprint density at radius 2 is 1.96 bits per heavy atom. The molecular weight excluding hydrogens is 608 g/mol. The first kappa shape index (κ1) is 30.5.